The normalized spacial score (nSPS) is 18.1. The molecule has 0 aromatic rings. The molecule has 2 atom stereocenters. The zero-order chi connectivity index (χ0) is 12.1. The summed E-state index contributed by atoms with van der Waals surface area (Å²) in [4.78, 5) is 3.80. The Morgan fingerprint density at radius 2 is 2.07 bits per heavy atom. The molecule has 15 heavy (non-hydrogen) atoms. The average Bonchev–Trinajstić information content (AvgIpc) is 2.12. The Labute approximate surface area is 94.6 Å². The third kappa shape index (κ3) is 5.69. The van der Waals surface area contributed by atoms with Crippen LogP contribution >= 0.6 is 0 Å². The minimum absolute atomic E-state index is 0.122. The Hall–Kier alpha value is -0.680. The van der Waals surface area contributed by atoms with Crippen LogP contribution in [0.15, 0.2) is 16.8 Å². The van der Waals surface area contributed by atoms with Gasteiger partial charge in [0.05, 0.1) is 21.8 Å². The predicted molar refractivity (Wildman–Crippen MR) is 67.2 cm³/mol. The largest absolute Gasteiger partial charge is 0.401 e. The van der Waals surface area contributed by atoms with Crippen molar-refractivity contribution >= 4 is 17.2 Å². The number of nitrogens with one attached hydrogen (secondary N) is 1. The number of hydrogen-bond acceptors (Lipinski definition) is 3. The molecule has 88 valence electrons. The fourth-order valence-electron chi connectivity index (χ4n) is 0.710. The molecule has 0 heterocycles. The van der Waals surface area contributed by atoms with Crippen LogP contribution in [-0.2, 0) is 11.0 Å². The number of hydrogen-bond donors (Lipinski definition) is 2. The second kappa shape index (κ2) is 6.02. The molecule has 0 aliphatic rings. The van der Waals surface area contributed by atoms with Crippen molar-refractivity contribution in [1.82, 2.24) is 4.72 Å². The van der Waals surface area contributed by atoms with E-state index in [2.05, 4.69) is 9.71 Å². The molecule has 0 aliphatic carbocycles. The van der Waals surface area contributed by atoms with Gasteiger partial charge in [0.15, 0.2) is 0 Å². The van der Waals surface area contributed by atoms with Gasteiger partial charge in [-0.05, 0) is 33.8 Å². The number of rotatable bonds is 4. The highest BCUT2D eigenvalue weighted by atomic mass is 32.2. The Morgan fingerprint density at radius 1 is 1.53 bits per heavy atom. The van der Waals surface area contributed by atoms with E-state index in [0.717, 1.165) is 0 Å². The van der Waals surface area contributed by atoms with Gasteiger partial charge in [-0.1, -0.05) is 0 Å². The zero-order valence-electron chi connectivity index (χ0n) is 10.1. The summed E-state index contributed by atoms with van der Waals surface area (Å²) < 4.78 is 14.4. The van der Waals surface area contributed by atoms with Gasteiger partial charge in [-0.2, -0.15) is 0 Å². The van der Waals surface area contributed by atoms with E-state index in [4.69, 9.17) is 5.73 Å². The maximum Gasteiger partial charge on any atom is 0.0976 e. The lowest BCUT2D eigenvalue weighted by Gasteiger charge is -2.22. The summed E-state index contributed by atoms with van der Waals surface area (Å²) in [6.07, 6.45) is 3.32. The van der Waals surface area contributed by atoms with E-state index in [-0.39, 0.29) is 10.8 Å². The first-order valence-corrected chi connectivity index (χ1v) is 6.00. The van der Waals surface area contributed by atoms with Crippen molar-refractivity contribution in [1.29, 1.82) is 0 Å². The van der Waals surface area contributed by atoms with Gasteiger partial charge in [-0.25, -0.2) is 8.93 Å². The summed E-state index contributed by atoms with van der Waals surface area (Å²) in [7, 11) is 0.567. The number of nitrogens with zero attached hydrogens (tertiary/aromatic N) is 1. The highest BCUT2D eigenvalue weighted by Gasteiger charge is 2.21. The van der Waals surface area contributed by atoms with Crippen LogP contribution in [-0.4, -0.2) is 28.3 Å². The Kier molecular flexibility index (Phi) is 5.75. The molecule has 0 unspecified atom stereocenters. The van der Waals surface area contributed by atoms with Crippen molar-refractivity contribution in [2.45, 2.75) is 38.5 Å². The van der Waals surface area contributed by atoms with Crippen LogP contribution in [0.1, 0.15) is 27.7 Å². The Morgan fingerprint density at radius 3 is 2.47 bits per heavy atom. The number of aliphatic imine (C=N–C) groups is 1. The first kappa shape index (κ1) is 14.3. The molecule has 3 N–H and O–H groups in total. The minimum Gasteiger partial charge on any atom is -0.401 e. The fraction of sp³-hybridized carbons (Fsp3) is 0.700. The van der Waals surface area contributed by atoms with Gasteiger partial charge < -0.3 is 5.73 Å². The van der Waals surface area contributed by atoms with Gasteiger partial charge in [0.25, 0.3) is 0 Å². The predicted octanol–water partition coefficient (Wildman–Crippen LogP) is 0.970. The SMILES string of the molecule is CN=CC=C(N)[C@@H](C)N[S@@](=O)C(C)(C)C. The van der Waals surface area contributed by atoms with Gasteiger partial charge >= 0.3 is 0 Å². The third-order valence-corrected chi connectivity index (χ3v) is 3.44. The maximum atomic E-state index is 11.7. The molecule has 0 aromatic carbocycles. The first-order chi connectivity index (χ1) is 6.79. The monoisotopic (exact) mass is 231 g/mol. The van der Waals surface area contributed by atoms with E-state index in [1.54, 1.807) is 19.3 Å². The lowest BCUT2D eigenvalue weighted by Crippen LogP contribution is -2.40. The van der Waals surface area contributed by atoms with E-state index in [1.807, 2.05) is 27.7 Å². The molecule has 0 aromatic heterocycles. The molecule has 0 rings (SSSR count). The van der Waals surface area contributed by atoms with Gasteiger partial charge in [-0.15, -0.1) is 0 Å². The lowest BCUT2D eigenvalue weighted by molar-refractivity contribution is 0.623. The molecular formula is C10H21N3OS. The second-order valence-corrected chi connectivity index (χ2v) is 6.29. The molecule has 4 nitrogen and oxygen atoms in total. The molecule has 0 fully saturated rings. The molecule has 0 saturated heterocycles. The van der Waals surface area contributed by atoms with Gasteiger partial charge in [0.1, 0.15) is 0 Å². The molecular weight excluding hydrogens is 210 g/mol. The first-order valence-electron chi connectivity index (χ1n) is 4.85. The molecule has 5 heteroatoms. The smallest absolute Gasteiger partial charge is 0.0976 e. The topological polar surface area (TPSA) is 67.5 Å². The molecule has 0 bridgehead atoms. The van der Waals surface area contributed by atoms with Gasteiger partial charge in [-0.3, -0.25) is 4.99 Å². The maximum absolute atomic E-state index is 11.7. The summed E-state index contributed by atoms with van der Waals surface area (Å²) >= 11 is 0. The molecule has 0 saturated carbocycles. The minimum atomic E-state index is -1.11. The number of nitrogens with two attached hydrogens (primary N) is 1. The highest BCUT2D eigenvalue weighted by molar-refractivity contribution is 7.84. The second-order valence-electron chi connectivity index (χ2n) is 4.29. The zero-order valence-corrected chi connectivity index (χ0v) is 10.9. The van der Waals surface area contributed by atoms with Crippen molar-refractivity contribution in [3.05, 3.63) is 11.8 Å². The third-order valence-electron chi connectivity index (χ3n) is 1.76. The van der Waals surface area contributed by atoms with Crippen molar-refractivity contribution in [3.8, 4) is 0 Å². The summed E-state index contributed by atoms with van der Waals surface area (Å²) in [6.45, 7) is 7.61. The fourth-order valence-corrected chi connectivity index (χ4v) is 1.52. The van der Waals surface area contributed by atoms with E-state index < -0.39 is 11.0 Å². The summed E-state index contributed by atoms with van der Waals surface area (Å²) in [5.74, 6) is 0. The van der Waals surface area contributed by atoms with Crippen molar-refractivity contribution in [2.24, 2.45) is 10.7 Å². The van der Waals surface area contributed by atoms with Crippen LogP contribution in [0.5, 0.6) is 0 Å². The lowest BCUT2D eigenvalue weighted by atomic mass is 10.2. The Balaban J connectivity index is 4.38. The molecule has 0 radical (unpaired) electrons. The van der Waals surface area contributed by atoms with Gasteiger partial charge in [0, 0.05) is 19.0 Å². The average molecular weight is 231 g/mol. The highest BCUT2D eigenvalue weighted by Crippen LogP contribution is 2.10. The van der Waals surface area contributed by atoms with Crippen molar-refractivity contribution in [3.63, 3.8) is 0 Å². The van der Waals surface area contributed by atoms with E-state index >= 15 is 0 Å². The Bertz CT molecular complexity index is 279. The van der Waals surface area contributed by atoms with Crippen molar-refractivity contribution in [2.75, 3.05) is 7.05 Å². The quantitative estimate of drug-likeness (QED) is 0.708. The van der Waals surface area contributed by atoms with Crippen LogP contribution in [0, 0.1) is 0 Å². The summed E-state index contributed by atoms with van der Waals surface area (Å²) in [6, 6.07) is -0.122. The van der Waals surface area contributed by atoms with Crippen LogP contribution in [0.3, 0.4) is 0 Å². The summed E-state index contributed by atoms with van der Waals surface area (Å²) in [5, 5.41) is 0. The number of allylic oxidation sites excluding steroid dienone is 1. The van der Waals surface area contributed by atoms with Crippen molar-refractivity contribution < 1.29 is 4.21 Å². The van der Waals surface area contributed by atoms with Crippen LogP contribution < -0.4 is 10.5 Å². The van der Waals surface area contributed by atoms with E-state index in [9.17, 15) is 4.21 Å². The molecule has 0 spiro atoms. The molecule has 0 amide bonds. The van der Waals surface area contributed by atoms with E-state index in [0.29, 0.717) is 5.70 Å². The van der Waals surface area contributed by atoms with Gasteiger partial charge in [0.2, 0.25) is 0 Å². The standard InChI is InChI=1S/C10H21N3OS/c1-8(9(11)6-7-12-5)13-15(14)10(2,3)4/h6-8,13H,11H2,1-5H3/t8-,15+/m1/s1. The van der Waals surface area contributed by atoms with E-state index in [1.165, 1.54) is 0 Å². The molecule has 0 aliphatic heterocycles. The van der Waals surface area contributed by atoms with Crippen LogP contribution in [0.2, 0.25) is 0 Å². The summed E-state index contributed by atoms with van der Waals surface area (Å²) in [5.41, 5.74) is 6.39. The van der Waals surface area contributed by atoms with Crippen LogP contribution in [0.4, 0.5) is 0 Å². The van der Waals surface area contributed by atoms with Crippen LogP contribution in [0.25, 0.3) is 0 Å².